The smallest absolute Gasteiger partial charge is 0.247 e. The van der Waals surface area contributed by atoms with E-state index in [2.05, 4.69) is 32.2 Å². The summed E-state index contributed by atoms with van der Waals surface area (Å²) in [5, 5.41) is 6.01. The molecule has 0 saturated carbocycles. The van der Waals surface area contributed by atoms with Gasteiger partial charge < -0.3 is 15.1 Å². The van der Waals surface area contributed by atoms with Gasteiger partial charge in [-0.15, -0.1) is 11.3 Å². The fourth-order valence-electron chi connectivity index (χ4n) is 3.61. The Balaban J connectivity index is 1.46. The maximum absolute atomic E-state index is 12.8. The molecule has 1 amide bonds. The summed E-state index contributed by atoms with van der Waals surface area (Å²) in [6, 6.07) is 8.09. The van der Waals surface area contributed by atoms with E-state index in [-0.39, 0.29) is 11.9 Å². The number of hydrogen-bond acceptors (Lipinski definition) is 5. The van der Waals surface area contributed by atoms with Gasteiger partial charge in [-0.1, -0.05) is 6.07 Å². The molecule has 0 aliphatic carbocycles. The Bertz CT molecular complexity index is 697. The molecule has 6 heteroatoms. The third-order valence-corrected chi connectivity index (χ3v) is 5.61. The Morgan fingerprint density at radius 2 is 2.08 bits per heavy atom. The van der Waals surface area contributed by atoms with Crippen molar-refractivity contribution in [1.29, 1.82) is 0 Å². The lowest BCUT2D eigenvalue weighted by atomic mass is 10.2. The number of amides is 1. The third kappa shape index (κ3) is 3.11. The molecule has 3 heterocycles. The lowest BCUT2D eigenvalue weighted by Crippen LogP contribution is -2.39. The lowest BCUT2D eigenvalue weighted by Gasteiger charge is -2.23. The fourth-order valence-corrected chi connectivity index (χ4v) is 4.33. The number of nitrogens with one attached hydrogen (secondary N) is 1. The van der Waals surface area contributed by atoms with E-state index in [1.54, 1.807) is 17.5 Å². The highest BCUT2D eigenvalue weighted by Gasteiger charge is 2.32. The third-order valence-electron chi connectivity index (χ3n) is 4.81. The van der Waals surface area contributed by atoms with Crippen LogP contribution in [-0.4, -0.2) is 36.6 Å². The van der Waals surface area contributed by atoms with Crippen molar-refractivity contribution in [3.05, 3.63) is 35.8 Å². The first-order valence-electron chi connectivity index (χ1n) is 8.63. The van der Waals surface area contributed by atoms with E-state index < -0.39 is 0 Å². The summed E-state index contributed by atoms with van der Waals surface area (Å²) in [5.74, 6) is 0.0706. The zero-order chi connectivity index (χ0) is 16.4. The summed E-state index contributed by atoms with van der Waals surface area (Å²) >= 11 is 1.60. The second kappa shape index (κ2) is 6.81. The summed E-state index contributed by atoms with van der Waals surface area (Å²) < 4.78 is 0. The molecule has 126 valence electrons. The predicted octanol–water partition coefficient (Wildman–Crippen LogP) is 3.35. The molecular formula is C18H22N4OS. The van der Waals surface area contributed by atoms with Crippen LogP contribution in [0.4, 0.5) is 16.5 Å². The van der Waals surface area contributed by atoms with Crippen LogP contribution in [0.3, 0.4) is 0 Å². The Hall–Kier alpha value is -2.08. The number of carbonyl (C=O) groups excluding carboxylic acids is 1. The molecule has 2 aromatic rings. The molecule has 0 radical (unpaired) electrons. The van der Waals surface area contributed by atoms with Crippen molar-refractivity contribution in [1.82, 2.24) is 4.98 Å². The normalized spacial score (nSPS) is 20.6. The molecule has 2 aliphatic rings. The van der Waals surface area contributed by atoms with Crippen LogP contribution in [0.2, 0.25) is 0 Å². The first-order valence-corrected chi connectivity index (χ1v) is 9.51. The molecular weight excluding hydrogens is 320 g/mol. The largest absolute Gasteiger partial charge is 0.371 e. The molecule has 2 saturated heterocycles. The number of rotatable bonds is 4. The molecule has 0 unspecified atom stereocenters. The van der Waals surface area contributed by atoms with Gasteiger partial charge in [0, 0.05) is 42.6 Å². The predicted molar refractivity (Wildman–Crippen MR) is 99.0 cm³/mol. The number of anilines is 3. The van der Waals surface area contributed by atoms with E-state index in [0.717, 1.165) is 43.3 Å². The standard InChI is InChI=1S/C18H22N4OS/c23-17(16-7-4-11-22(16)18-19-8-12-24-18)20-14-5-3-6-15(13-14)21-9-1-2-10-21/h3,5-6,8,12-13,16H,1-2,4,7,9-11H2,(H,20,23)/t16-/m1/s1. The van der Waals surface area contributed by atoms with Gasteiger partial charge >= 0.3 is 0 Å². The van der Waals surface area contributed by atoms with Crippen LogP contribution in [0.1, 0.15) is 25.7 Å². The van der Waals surface area contributed by atoms with Gasteiger partial charge in [0.05, 0.1) is 0 Å². The van der Waals surface area contributed by atoms with Crippen molar-refractivity contribution in [3.8, 4) is 0 Å². The van der Waals surface area contributed by atoms with Crippen molar-refractivity contribution in [3.63, 3.8) is 0 Å². The number of aromatic nitrogens is 1. The maximum Gasteiger partial charge on any atom is 0.247 e. The molecule has 2 aliphatic heterocycles. The zero-order valence-corrected chi connectivity index (χ0v) is 14.5. The second-order valence-electron chi connectivity index (χ2n) is 6.40. The monoisotopic (exact) mass is 342 g/mol. The summed E-state index contributed by atoms with van der Waals surface area (Å²) in [6.45, 7) is 3.12. The molecule has 0 bridgehead atoms. The summed E-state index contributed by atoms with van der Waals surface area (Å²) in [6.07, 6.45) is 6.22. The van der Waals surface area contributed by atoms with Crippen LogP contribution in [0.5, 0.6) is 0 Å². The Labute approximate surface area is 146 Å². The molecule has 5 nitrogen and oxygen atoms in total. The molecule has 1 aromatic heterocycles. The van der Waals surface area contributed by atoms with Crippen molar-refractivity contribution < 1.29 is 4.79 Å². The van der Waals surface area contributed by atoms with Crippen LogP contribution in [-0.2, 0) is 4.79 Å². The first-order chi connectivity index (χ1) is 11.8. The fraction of sp³-hybridized carbons (Fsp3) is 0.444. The lowest BCUT2D eigenvalue weighted by molar-refractivity contribution is -0.117. The summed E-state index contributed by atoms with van der Waals surface area (Å²) in [7, 11) is 0. The van der Waals surface area contributed by atoms with E-state index >= 15 is 0 Å². The average Bonchev–Trinajstić information content (AvgIpc) is 3.35. The van der Waals surface area contributed by atoms with Gasteiger partial charge in [-0.3, -0.25) is 4.79 Å². The van der Waals surface area contributed by atoms with Gasteiger partial charge in [0.2, 0.25) is 5.91 Å². The first kappa shape index (κ1) is 15.4. The van der Waals surface area contributed by atoms with Crippen molar-refractivity contribution >= 4 is 33.8 Å². The SMILES string of the molecule is O=C(Nc1cccc(N2CCCC2)c1)[C@H]1CCCN1c1nccs1. The molecule has 24 heavy (non-hydrogen) atoms. The minimum absolute atomic E-state index is 0.0706. The van der Waals surface area contributed by atoms with Crippen molar-refractivity contribution in [2.75, 3.05) is 34.8 Å². The van der Waals surface area contributed by atoms with Gasteiger partial charge in [-0.2, -0.15) is 0 Å². The van der Waals surface area contributed by atoms with Crippen LogP contribution in [0.15, 0.2) is 35.8 Å². The van der Waals surface area contributed by atoms with Crippen LogP contribution >= 0.6 is 11.3 Å². The van der Waals surface area contributed by atoms with Crippen molar-refractivity contribution in [2.24, 2.45) is 0 Å². The average molecular weight is 342 g/mol. The van der Waals surface area contributed by atoms with E-state index in [4.69, 9.17) is 0 Å². The van der Waals surface area contributed by atoms with Crippen LogP contribution < -0.4 is 15.1 Å². The Kier molecular flexibility index (Phi) is 4.38. The van der Waals surface area contributed by atoms with Crippen molar-refractivity contribution in [2.45, 2.75) is 31.7 Å². The minimum atomic E-state index is -0.119. The minimum Gasteiger partial charge on any atom is -0.371 e. The van der Waals surface area contributed by atoms with Crippen LogP contribution in [0.25, 0.3) is 0 Å². The topological polar surface area (TPSA) is 48.5 Å². The highest BCUT2D eigenvalue weighted by Crippen LogP contribution is 2.29. The molecule has 4 rings (SSSR count). The Morgan fingerprint density at radius 1 is 1.21 bits per heavy atom. The molecule has 1 N–H and O–H groups in total. The summed E-state index contributed by atoms with van der Waals surface area (Å²) in [5.41, 5.74) is 2.09. The van der Waals surface area contributed by atoms with Gasteiger partial charge in [0.15, 0.2) is 5.13 Å². The summed E-state index contributed by atoms with van der Waals surface area (Å²) in [4.78, 5) is 21.6. The van der Waals surface area contributed by atoms with E-state index in [1.165, 1.54) is 18.5 Å². The van der Waals surface area contributed by atoms with Gasteiger partial charge in [0.25, 0.3) is 0 Å². The van der Waals surface area contributed by atoms with E-state index in [0.29, 0.717) is 0 Å². The molecule has 1 aromatic carbocycles. The van der Waals surface area contributed by atoms with Gasteiger partial charge in [0.1, 0.15) is 6.04 Å². The highest BCUT2D eigenvalue weighted by atomic mass is 32.1. The number of benzene rings is 1. The quantitative estimate of drug-likeness (QED) is 0.926. The second-order valence-corrected chi connectivity index (χ2v) is 7.27. The molecule has 1 atom stereocenters. The highest BCUT2D eigenvalue weighted by molar-refractivity contribution is 7.13. The van der Waals surface area contributed by atoms with E-state index in [1.807, 2.05) is 17.5 Å². The number of nitrogens with zero attached hydrogens (tertiary/aromatic N) is 3. The number of hydrogen-bond donors (Lipinski definition) is 1. The van der Waals surface area contributed by atoms with E-state index in [9.17, 15) is 4.79 Å². The zero-order valence-electron chi connectivity index (χ0n) is 13.6. The molecule has 0 spiro atoms. The van der Waals surface area contributed by atoms with Gasteiger partial charge in [-0.05, 0) is 43.9 Å². The number of thiazole rings is 1. The van der Waals surface area contributed by atoms with Crippen LogP contribution in [0, 0.1) is 0 Å². The Morgan fingerprint density at radius 3 is 2.88 bits per heavy atom. The maximum atomic E-state index is 12.8. The van der Waals surface area contributed by atoms with Gasteiger partial charge in [-0.25, -0.2) is 4.98 Å². The molecule has 2 fully saturated rings. The number of carbonyl (C=O) groups is 1.